The summed E-state index contributed by atoms with van der Waals surface area (Å²) < 4.78 is 33.1. The Bertz CT molecular complexity index is 1700. The molecule has 0 radical (unpaired) electrons. The monoisotopic (exact) mass is 601 g/mol. The molecule has 0 unspecified atom stereocenters. The normalized spacial score (nSPS) is 18.7. The van der Waals surface area contributed by atoms with Gasteiger partial charge in [-0.05, 0) is 42.0 Å². The molecule has 0 saturated carbocycles. The number of methoxy groups -OCH3 is 1. The molecule has 4 aromatic rings. The van der Waals surface area contributed by atoms with E-state index in [-0.39, 0.29) is 24.4 Å². The molecular formula is C32H35N5O5S. The number of piperazine rings is 2. The Morgan fingerprint density at radius 3 is 2.33 bits per heavy atom. The SMILES string of the molecule is COc1ccc2[nH]c(C(=O)N3CC(=O)N(Cc4ccccc4)[C@@H](CN4CCN(S(=O)(=O)c5ccccc5)CC4)C3)cc2c1. The molecule has 6 rings (SSSR count). The van der Waals surface area contributed by atoms with Gasteiger partial charge in [0, 0.05) is 56.7 Å². The number of amides is 2. The van der Waals surface area contributed by atoms with E-state index >= 15 is 0 Å². The van der Waals surface area contributed by atoms with Crippen molar-refractivity contribution in [1.29, 1.82) is 0 Å². The zero-order valence-corrected chi connectivity index (χ0v) is 24.9. The summed E-state index contributed by atoms with van der Waals surface area (Å²) in [4.78, 5) is 36.4. The molecule has 10 nitrogen and oxygen atoms in total. The van der Waals surface area contributed by atoms with E-state index in [1.807, 2.05) is 53.4 Å². The second-order valence-electron chi connectivity index (χ2n) is 11.0. The van der Waals surface area contributed by atoms with Crippen LogP contribution in [0.5, 0.6) is 5.75 Å². The third-order valence-electron chi connectivity index (χ3n) is 8.24. The van der Waals surface area contributed by atoms with Gasteiger partial charge in [0.15, 0.2) is 0 Å². The summed E-state index contributed by atoms with van der Waals surface area (Å²) in [6, 6.07) is 25.4. The summed E-state index contributed by atoms with van der Waals surface area (Å²) >= 11 is 0. The smallest absolute Gasteiger partial charge is 0.270 e. The lowest BCUT2D eigenvalue weighted by molar-refractivity contribution is -0.140. The number of carbonyl (C=O) groups excluding carboxylic acids is 2. The van der Waals surface area contributed by atoms with Crippen LogP contribution < -0.4 is 4.74 Å². The van der Waals surface area contributed by atoms with E-state index in [2.05, 4.69) is 9.88 Å². The molecule has 2 aliphatic rings. The van der Waals surface area contributed by atoms with E-state index in [1.165, 1.54) is 4.31 Å². The molecular weight excluding hydrogens is 566 g/mol. The van der Waals surface area contributed by atoms with Crippen LogP contribution in [0.2, 0.25) is 0 Å². The minimum Gasteiger partial charge on any atom is -0.497 e. The van der Waals surface area contributed by atoms with E-state index in [0.29, 0.717) is 62.2 Å². The van der Waals surface area contributed by atoms with Crippen LogP contribution in [0, 0.1) is 0 Å². The molecule has 3 heterocycles. The molecule has 0 aliphatic carbocycles. The first kappa shape index (κ1) is 28.9. The first-order valence-corrected chi connectivity index (χ1v) is 15.8. The van der Waals surface area contributed by atoms with Crippen molar-refractivity contribution in [2.75, 3.05) is 52.9 Å². The number of rotatable bonds is 8. The quantitative estimate of drug-likeness (QED) is 0.333. The second-order valence-corrected chi connectivity index (χ2v) is 12.9. The summed E-state index contributed by atoms with van der Waals surface area (Å²) in [5.74, 6) is 0.357. The van der Waals surface area contributed by atoms with Gasteiger partial charge in [0.25, 0.3) is 5.91 Å². The van der Waals surface area contributed by atoms with Crippen LogP contribution in [0.25, 0.3) is 10.9 Å². The highest BCUT2D eigenvalue weighted by Gasteiger charge is 2.37. The van der Waals surface area contributed by atoms with Gasteiger partial charge in [-0.25, -0.2) is 8.42 Å². The van der Waals surface area contributed by atoms with Gasteiger partial charge in [-0.15, -0.1) is 0 Å². The Kier molecular flexibility index (Phi) is 8.20. The topological polar surface area (TPSA) is 106 Å². The van der Waals surface area contributed by atoms with E-state index in [4.69, 9.17) is 4.74 Å². The van der Waals surface area contributed by atoms with Crippen molar-refractivity contribution in [2.24, 2.45) is 0 Å². The summed E-state index contributed by atoms with van der Waals surface area (Å²) in [5.41, 5.74) is 2.26. The first-order chi connectivity index (χ1) is 20.8. The molecule has 3 aromatic carbocycles. The maximum Gasteiger partial charge on any atom is 0.270 e. The van der Waals surface area contributed by atoms with Gasteiger partial charge >= 0.3 is 0 Å². The minimum atomic E-state index is -3.57. The van der Waals surface area contributed by atoms with E-state index in [9.17, 15) is 18.0 Å². The minimum absolute atomic E-state index is 0.00997. The predicted octanol–water partition coefficient (Wildman–Crippen LogP) is 3.04. The van der Waals surface area contributed by atoms with Gasteiger partial charge in [0.05, 0.1) is 18.0 Å². The average Bonchev–Trinajstić information content (AvgIpc) is 3.47. The van der Waals surface area contributed by atoms with Crippen molar-refractivity contribution in [2.45, 2.75) is 17.5 Å². The van der Waals surface area contributed by atoms with Gasteiger partial charge in [-0.2, -0.15) is 4.31 Å². The molecule has 1 N–H and O–H groups in total. The molecule has 2 saturated heterocycles. The van der Waals surface area contributed by atoms with E-state index in [0.717, 1.165) is 16.5 Å². The van der Waals surface area contributed by atoms with E-state index in [1.54, 1.807) is 48.4 Å². The molecule has 1 aromatic heterocycles. The highest BCUT2D eigenvalue weighted by atomic mass is 32.2. The second kappa shape index (κ2) is 12.2. The fraction of sp³-hybridized carbons (Fsp3) is 0.312. The number of fused-ring (bicyclic) bond motifs is 1. The highest BCUT2D eigenvalue weighted by molar-refractivity contribution is 7.89. The van der Waals surface area contributed by atoms with Crippen molar-refractivity contribution in [3.05, 3.63) is 96.2 Å². The fourth-order valence-corrected chi connectivity index (χ4v) is 7.34. The number of sulfonamides is 1. The Morgan fingerprint density at radius 1 is 0.930 bits per heavy atom. The van der Waals surface area contributed by atoms with Crippen LogP contribution in [0.4, 0.5) is 0 Å². The van der Waals surface area contributed by atoms with Gasteiger partial charge in [-0.3, -0.25) is 14.5 Å². The van der Waals surface area contributed by atoms with Gasteiger partial charge in [0.2, 0.25) is 15.9 Å². The summed E-state index contributed by atoms with van der Waals surface area (Å²) in [7, 11) is -1.97. The van der Waals surface area contributed by atoms with Crippen molar-refractivity contribution >= 4 is 32.7 Å². The summed E-state index contributed by atoms with van der Waals surface area (Å²) in [6.45, 7) is 3.13. The number of ether oxygens (including phenoxy) is 1. The van der Waals surface area contributed by atoms with Gasteiger partial charge in [0.1, 0.15) is 18.0 Å². The highest BCUT2D eigenvalue weighted by Crippen LogP contribution is 2.24. The number of nitrogens with zero attached hydrogens (tertiary/aromatic N) is 4. The number of hydrogen-bond acceptors (Lipinski definition) is 6. The number of aromatic amines is 1. The molecule has 43 heavy (non-hydrogen) atoms. The van der Waals surface area contributed by atoms with Crippen LogP contribution >= 0.6 is 0 Å². The lowest BCUT2D eigenvalue weighted by atomic mass is 10.1. The van der Waals surface area contributed by atoms with Crippen LogP contribution in [-0.2, 0) is 21.4 Å². The van der Waals surface area contributed by atoms with Crippen molar-refractivity contribution < 1.29 is 22.7 Å². The van der Waals surface area contributed by atoms with E-state index < -0.39 is 10.0 Å². The lowest BCUT2D eigenvalue weighted by Crippen LogP contribution is -2.61. The molecule has 2 aliphatic heterocycles. The molecule has 0 bridgehead atoms. The first-order valence-electron chi connectivity index (χ1n) is 14.4. The molecule has 0 spiro atoms. The van der Waals surface area contributed by atoms with Crippen molar-refractivity contribution in [3.63, 3.8) is 0 Å². The van der Waals surface area contributed by atoms with Gasteiger partial charge < -0.3 is 19.5 Å². The predicted molar refractivity (Wildman–Crippen MR) is 163 cm³/mol. The lowest BCUT2D eigenvalue weighted by Gasteiger charge is -2.44. The molecule has 224 valence electrons. The summed E-state index contributed by atoms with van der Waals surface area (Å²) in [5, 5.41) is 0.858. The molecule has 2 fully saturated rings. The number of nitrogens with one attached hydrogen (secondary N) is 1. The zero-order chi connectivity index (χ0) is 30.0. The Morgan fingerprint density at radius 2 is 1.63 bits per heavy atom. The Balaban J connectivity index is 1.19. The largest absolute Gasteiger partial charge is 0.497 e. The number of aromatic nitrogens is 1. The Hall–Kier alpha value is -4.19. The number of benzene rings is 3. The number of H-pyrrole nitrogens is 1. The van der Waals surface area contributed by atoms with Crippen LogP contribution in [-0.4, -0.2) is 103 Å². The van der Waals surface area contributed by atoms with Gasteiger partial charge in [-0.1, -0.05) is 48.5 Å². The Labute approximate surface area is 251 Å². The molecule has 2 amide bonds. The maximum absolute atomic E-state index is 13.7. The number of carbonyl (C=O) groups is 2. The van der Waals surface area contributed by atoms with Crippen molar-refractivity contribution in [1.82, 2.24) is 24.0 Å². The summed E-state index contributed by atoms with van der Waals surface area (Å²) in [6.07, 6.45) is 0. The average molecular weight is 602 g/mol. The van der Waals surface area contributed by atoms with Crippen molar-refractivity contribution in [3.8, 4) is 5.75 Å². The molecule has 1 atom stereocenters. The molecule has 11 heteroatoms. The van der Waals surface area contributed by atoms with Crippen LogP contribution in [0.3, 0.4) is 0 Å². The number of hydrogen-bond donors (Lipinski definition) is 1. The maximum atomic E-state index is 13.7. The third kappa shape index (κ3) is 6.15. The van der Waals surface area contributed by atoms with Crippen LogP contribution in [0.15, 0.2) is 89.8 Å². The zero-order valence-electron chi connectivity index (χ0n) is 24.1. The fourth-order valence-electron chi connectivity index (χ4n) is 5.90. The standard InChI is InChI=1S/C32H35N5O5S/c1-42-27-12-13-29-25(18-27)19-30(33-29)32(39)35-22-26(37(31(38)23-35)20-24-8-4-2-5-9-24)21-34-14-16-36(17-15-34)43(40,41)28-10-6-3-7-11-28/h2-13,18-19,26,33H,14-17,20-23H2,1H3/t26-/m0/s1. The van der Waals surface area contributed by atoms with Crippen LogP contribution in [0.1, 0.15) is 16.1 Å². The third-order valence-corrected chi connectivity index (χ3v) is 10.2.